The van der Waals surface area contributed by atoms with E-state index in [0.29, 0.717) is 17.2 Å². The van der Waals surface area contributed by atoms with Crippen molar-refractivity contribution in [3.63, 3.8) is 0 Å². The van der Waals surface area contributed by atoms with E-state index in [9.17, 15) is 17.6 Å². The van der Waals surface area contributed by atoms with Crippen LogP contribution in [0.15, 0.2) is 42.5 Å². The molecular weight excluding hydrogens is 483 g/mol. The van der Waals surface area contributed by atoms with Gasteiger partial charge in [-0.1, -0.05) is 0 Å². The minimum Gasteiger partial charge on any atom is -0.381 e. The molecule has 192 valence electrons. The first-order valence-corrected chi connectivity index (χ1v) is 13.7. The molecule has 2 heterocycles. The number of pyridine rings is 1. The van der Waals surface area contributed by atoms with Gasteiger partial charge in [0.05, 0.1) is 29.6 Å². The molecule has 36 heavy (non-hydrogen) atoms. The van der Waals surface area contributed by atoms with E-state index >= 15 is 0 Å². The smallest absolute Gasteiger partial charge is 0.251 e. The summed E-state index contributed by atoms with van der Waals surface area (Å²) in [7, 11) is -1.79. The number of piperidine rings is 1. The second-order valence-corrected chi connectivity index (χ2v) is 11.0. The first-order chi connectivity index (χ1) is 17.0. The van der Waals surface area contributed by atoms with Gasteiger partial charge in [0.2, 0.25) is 10.0 Å². The maximum atomic E-state index is 14.7. The van der Waals surface area contributed by atoms with E-state index in [1.807, 2.05) is 18.2 Å². The number of aromatic nitrogens is 1. The molecule has 0 aliphatic carbocycles. The van der Waals surface area contributed by atoms with Gasteiger partial charge in [0, 0.05) is 36.7 Å². The van der Waals surface area contributed by atoms with Crippen molar-refractivity contribution in [2.24, 2.45) is 0 Å². The number of carbonyl (C=O) groups excluding carboxylic acids is 1. The van der Waals surface area contributed by atoms with Gasteiger partial charge >= 0.3 is 0 Å². The van der Waals surface area contributed by atoms with Gasteiger partial charge in [-0.2, -0.15) is 0 Å². The maximum Gasteiger partial charge on any atom is 0.251 e. The van der Waals surface area contributed by atoms with Crippen LogP contribution in [-0.4, -0.2) is 51.9 Å². The van der Waals surface area contributed by atoms with E-state index in [2.05, 4.69) is 14.9 Å². The summed E-state index contributed by atoms with van der Waals surface area (Å²) < 4.78 is 45.5. The number of sulfonamides is 1. The molecule has 1 aliphatic heterocycles. The highest BCUT2D eigenvalue weighted by Gasteiger charge is 2.21. The molecule has 1 atom stereocenters. The molecule has 8 nitrogen and oxygen atoms in total. The van der Waals surface area contributed by atoms with Crippen LogP contribution in [0.3, 0.4) is 0 Å². The fourth-order valence-electron chi connectivity index (χ4n) is 4.46. The van der Waals surface area contributed by atoms with Gasteiger partial charge in [0.15, 0.2) is 0 Å². The Balaban J connectivity index is 1.47. The van der Waals surface area contributed by atoms with Gasteiger partial charge < -0.3 is 15.0 Å². The minimum atomic E-state index is -3.53. The van der Waals surface area contributed by atoms with Crippen LogP contribution in [0, 0.1) is 12.7 Å². The molecule has 1 aliphatic rings. The first kappa shape index (κ1) is 25.8. The lowest BCUT2D eigenvalue weighted by Gasteiger charge is -2.32. The lowest BCUT2D eigenvalue weighted by atomic mass is 10.0. The second-order valence-electron chi connectivity index (χ2n) is 9.26. The molecule has 2 N–H and O–H groups in total. The van der Waals surface area contributed by atoms with Crippen molar-refractivity contribution in [1.82, 2.24) is 10.3 Å². The number of ether oxygens (including phenoxy) is 1. The summed E-state index contributed by atoms with van der Waals surface area (Å²) in [6.45, 7) is 5.13. The lowest BCUT2D eigenvalue weighted by Crippen LogP contribution is -2.37. The van der Waals surface area contributed by atoms with Crippen molar-refractivity contribution in [1.29, 1.82) is 0 Å². The van der Waals surface area contributed by atoms with E-state index in [1.54, 1.807) is 33.1 Å². The van der Waals surface area contributed by atoms with Gasteiger partial charge in [-0.3, -0.25) is 9.52 Å². The number of amides is 1. The Bertz CT molecular complexity index is 1390. The summed E-state index contributed by atoms with van der Waals surface area (Å²) in [5.41, 5.74) is 2.22. The molecule has 2 aromatic carbocycles. The van der Waals surface area contributed by atoms with Crippen LogP contribution < -0.4 is 14.9 Å². The number of aryl methyl sites for hydroxylation is 1. The van der Waals surface area contributed by atoms with Crippen molar-refractivity contribution in [2.75, 3.05) is 36.1 Å². The normalized spacial score (nSPS) is 15.6. The van der Waals surface area contributed by atoms with Gasteiger partial charge in [-0.25, -0.2) is 17.8 Å². The zero-order chi connectivity index (χ0) is 26.0. The predicted molar refractivity (Wildman–Crippen MR) is 139 cm³/mol. The predicted octanol–water partition coefficient (Wildman–Crippen LogP) is 4.16. The summed E-state index contributed by atoms with van der Waals surface area (Å²) in [5, 5.41) is 3.66. The topological polar surface area (TPSA) is 101 Å². The van der Waals surface area contributed by atoms with Gasteiger partial charge in [0.25, 0.3) is 5.91 Å². The number of methoxy groups -OCH3 is 1. The molecule has 0 bridgehead atoms. The molecule has 0 saturated carbocycles. The summed E-state index contributed by atoms with van der Waals surface area (Å²) in [6, 6.07) is 11.2. The number of nitrogens with one attached hydrogen (secondary N) is 2. The number of anilines is 2. The Labute approximate surface area is 210 Å². The highest BCUT2D eigenvalue weighted by atomic mass is 32.2. The average molecular weight is 515 g/mol. The third kappa shape index (κ3) is 5.93. The minimum absolute atomic E-state index is 0.168. The van der Waals surface area contributed by atoms with E-state index in [1.165, 1.54) is 6.07 Å². The third-order valence-electron chi connectivity index (χ3n) is 6.49. The van der Waals surface area contributed by atoms with Crippen LogP contribution >= 0.6 is 0 Å². The van der Waals surface area contributed by atoms with Crippen LogP contribution in [0.5, 0.6) is 0 Å². The summed E-state index contributed by atoms with van der Waals surface area (Å²) in [6.07, 6.45) is 3.23. The number of halogens is 1. The van der Waals surface area contributed by atoms with Crippen LogP contribution in [-0.2, 0) is 14.8 Å². The Morgan fingerprint density at radius 2 is 1.89 bits per heavy atom. The van der Waals surface area contributed by atoms with E-state index < -0.39 is 21.9 Å². The quantitative estimate of drug-likeness (QED) is 0.491. The van der Waals surface area contributed by atoms with Crippen molar-refractivity contribution >= 4 is 38.3 Å². The molecule has 0 unspecified atom stereocenters. The molecule has 1 fully saturated rings. The fraction of sp³-hybridized carbons (Fsp3) is 0.385. The number of carbonyl (C=O) groups is 1. The summed E-state index contributed by atoms with van der Waals surface area (Å²) in [5.74, 6) is -0.0441. The molecule has 1 aromatic heterocycles. The van der Waals surface area contributed by atoms with Crippen molar-refractivity contribution in [3.8, 4) is 0 Å². The van der Waals surface area contributed by atoms with Gasteiger partial charge in [-0.15, -0.1) is 0 Å². The van der Waals surface area contributed by atoms with Crippen molar-refractivity contribution in [2.45, 2.75) is 38.8 Å². The number of hydrogen-bond acceptors (Lipinski definition) is 6. The number of nitrogens with zero attached hydrogens (tertiary/aromatic N) is 2. The van der Waals surface area contributed by atoms with Crippen LogP contribution in [0.1, 0.15) is 47.3 Å². The molecule has 4 rings (SSSR count). The lowest BCUT2D eigenvalue weighted by molar-refractivity contribution is 0.0818. The van der Waals surface area contributed by atoms with Crippen LogP contribution in [0.4, 0.5) is 15.9 Å². The molecule has 0 spiro atoms. The largest absolute Gasteiger partial charge is 0.381 e. The molecule has 1 saturated heterocycles. The van der Waals surface area contributed by atoms with E-state index in [-0.39, 0.29) is 17.2 Å². The highest BCUT2D eigenvalue weighted by molar-refractivity contribution is 7.92. The first-order valence-electron chi connectivity index (χ1n) is 11.8. The monoisotopic (exact) mass is 514 g/mol. The average Bonchev–Trinajstić information content (AvgIpc) is 2.84. The number of fused-ring (bicyclic) bond motifs is 1. The van der Waals surface area contributed by atoms with E-state index in [0.717, 1.165) is 55.0 Å². The zero-order valence-corrected chi connectivity index (χ0v) is 21.7. The third-order valence-corrected chi connectivity index (χ3v) is 7.08. The van der Waals surface area contributed by atoms with Gasteiger partial charge in [0.1, 0.15) is 11.6 Å². The molecule has 1 amide bonds. The number of benzene rings is 2. The summed E-state index contributed by atoms with van der Waals surface area (Å²) in [4.78, 5) is 19.9. The Morgan fingerprint density at radius 1 is 1.17 bits per heavy atom. The van der Waals surface area contributed by atoms with Crippen LogP contribution in [0.2, 0.25) is 0 Å². The molecule has 3 aromatic rings. The highest BCUT2D eigenvalue weighted by Crippen LogP contribution is 2.26. The Hall–Kier alpha value is -3.24. The molecule has 10 heteroatoms. The Morgan fingerprint density at radius 3 is 2.56 bits per heavy atom. The SMILES string of the molecule is COC1CCN(c2ccc3cc(C(=O)N[C@H](C)c4cc(C)c(NS(C)(=O)=O)cc4F)ccc3n2)CC1. The number of hydrogen-bond donors (Lipinski definition) is 2. The van der Waals surface area contributed by atoms with Crippen molar-refractivity contribution in [3.05, 3.63) is 65.0 Å². The summed E-state index contributed by atoms with van der Waals surface area (Å²) >= 11 is 0. The fourth-order valence-corrected chi connectivity index (χ4v) is 5.08. The molecular formula is C26H31FN4O4S. The van der Waals surface area contributed by atoms with Crippen molar-refractivity contribution < 1.29 is 22.3 Å². The van der Waals surface area contributed by atoms with Gasteiger partial charge in [-0.05, 0) is 74.7 Å². The number of rotatable bonds is 7. The molecule has 0 radical (unpaired) electrons. The van der Waals surface area contributed by atoms with Crippen LogP contribution in [0.25, 0.3) is 10.9 Å². The zero-order valence-electron chi connectivity index (χ0n) is 20.8. The maximum absolute atomic E-state index is 14.7. The van der Waals surface area contributed by atoms with E-state index in [4.69, 9.17) is 9.72 Å². The Kier molecular flexibility index (Phi) is 7.46. The standard InChI is InChI=1S/C26H31FN4O4S/c1-16-13-21(22(27)15-24(16)30-36(4,33)34)17(2)28-26(32)19-5-7-23-18(14-19)6-8-25(29-23)31-11-9-20(35-3)10-12-31/h5-8,13-15,17,20,30H,9-12H2,1-4H3,(H,28,32)/t17-/m1/s1. The second kappa shape index (κ2) is 10.4.